The monoisotopic (exact) mass is 239 g/mol. The number of carbonyl (C=O) groups is 1. The van der Waals surface area contributed by atoms with Gasteiger partial charge in [0.15, 0.2) is 0 Å². The van der Waals surface area contributed by atoms with E-state index >= 15 is 0 Å². The van der Waals surface area contributed by atoms with Crippen molar-refractivity contribution in [2.75, 3.05) is 19.7 Å². The molecule has 1 unspecified atom stereocenters. The van der Waals surface area contributed by atoms with Crippen LogP contribution in [-0.4, -0.2) is 45.5 Å². The predicted octanol–water partition coefficient (Wildman–Crippen LogP) is 0.377. The number of nitro groups is 1. The van der Waals surface area contributed by atoms with Crippen molar-refractivity contribution in [1.29, 1.82) is 0 Å². The lowest BCUT2D eigenvalue weighted by Gasteiger charge is -2.14. The maximum atomic E-state index is 11.9. The third kappa shape index (κ3) is 2.28. The van der Waals surface area contributed by atoms with Crippen LogP contribution in [0.5, 0.6) is 0 Å². The first-order valence-corrected chi connectivity index (χ1v) is 5.34. The van der Waals surface area contributed by atoms with E-state index in [0.717, 1.165) is 6.42 Å². The second kappa shape index (κ2) is 4.54. The van der Waals surface area contributed by atoms with E-state index in [-0.39, 0.29) is 29.8 Å². The molecule has 1 amide bonds. The van der Waals surface area contributed by atoms with E-state index in [9.17, 15) is 14.9 Å². The number of aliphatic hydroxyl groups excluding tert-OH is 1. The van der Waals surface area contributed by atoms with Crippen LogP contribution in [0, 0.1) is 16.0 Å². The lowest BCUT2D eigenvalue weighted by Crippen LogP contribution is -2.29. The van der Waals surface area contributed by atoms with Crippen molar-refractivity contribution in [2.24, 2.45) is 5.92 Å². The number of likely N-dealkylation sites (tertiary alicyclic amines) is 1. The van der Waals surface area contributed by atoms with Gasteiger partial charge in [0.2, 0.25) is 0 Å². The summed E-state index contributed by atoms with van der Waals surface area (Å²) in [6.45, 7) is 1.15. The van der Waals surface area contributed by atoms with Gasteiger partial charge in [-0.25, -0.2) is 0 Å². The summed E-state index contributed by atoms with van der Waals surface area (Å²) in [5, 5.41) is 19.5. The van der Waals surface area contributed by atoms with E-state index in [1.165, 1.54) is 12.3 Å². The molecule has 7 nitrogen and oxygen atoms in total. The number of aromatic nitrogens is 1. The molecule has 0 bridgehead atoms. The van der Waals surface area contributed by atoms with E-state index in [4.69, 9.17) is 5.11 Å². The number of rotatable bonds is 3. The summed E-state index contributed by atoms with van der Waals surface area (Å²) in [4.78, 5) is 26.1. The van der Waals surface area contributed by atoms with E-state index < -0.39 is 4.92 Å². The van der Waals surface area contributed by atoms with E-state index in [1.54, 1.807) is 4.90 Å². The fourth-order valence-electron chi connectivity index (χ4n) is 1.95. The van der Waals surface area contributed by atoms with Crippen LogP contribution in [0.15, 0.2) is 12.3 Å². The summed E-state index contributed by atoms with van der Waals surface area (Å²) in [6, 6.07) is 1.23. The average Bonchev–Trinajstić information content (AvgIpc) is 2.97. The first-order valence-electron chi connectivity index (χ1n) is 5.34. The van der Waals surface area contributed by atoms with Crippen LogP contribution in [0.3, 0.4) is 0 Å². The van der Waals surface area contributed by atoms with E-state index in [0.29, 0.717) is 13.1 Å². The molecular weight excluding hydrogens is 226 g/mol. The Balaban J connectivity index is 2.07. The van der Waals surface area contributed by atoms with Gasteiger partial charge in [-0.05, 0) is 6.42 Å². The molecule has 2 rings (SSSR count). The highest BCUT2D eigenvalue weighted by Crippen LogP contribution is 2.19. The molecule has 1 aromatic rings. The molecule has 0 saturated carbocycles. The lowest BCUT2D eigenvalue weighted by atomic mass is 10.1. The number of nitrogens with zero attached hydrogens (tertiary/aromatic N) is 2. The largest absolute Gasteiger partial charge is 0.396 e. The Morgan fingerprint density at radius 3 is 3.00 bits per heavy atom. The fourth-order valence-corrected chi connectivity index (χ4v) is 1.95. The molecule has 92 valence electrons. The minimum atomic E-state index is -0.548. The summed E-state index contributed by atoms with van der Waals surface area (Å²) in [5.41, 5.74) is 0.0987. The van der Waals surface area contributed by atoms with Crippen LogP contribution < -0.4 is 0 Å². The third-order valence-electron chi connectivity index (χ3n) is 2.94. The number of H-pyrrole nitrogens is 1. The van der Waals surface area contributed by atoms with Gasteiger partial charge in [0.25, 0.3) is 11.6 Å². The summed E-state index contributed by atoms with van der Waals surface area (Å²) in [5.74, 6) is -0.141. The van der Waals surface area contributed by atoms with Crippen molar-refractivity contribution < 1.29 is 14.8 Å². The molecule has 1 fully saturated rings. The molecule has 1 atom stereocenters. The Kier molecular flexibility index (Phi) is 3.10. The minimum absolute atomic E-state index is 0.0641. The minimum Gasteiger partial charge on any atom is -0.396 e. The van der Waals surface area contributed by atoms with Gasteiger partial charge in [0.05, 0.1) is 11.1 Å². The number of hydrogen-bond acceptors (Lipinski definition) is 4. The number of nitrogens with one attached hydrogen (secondary N) is 1. The first kappa shape index (κ1) is 11.6. The molecule has 0 spiro atoms. The van der Waals surface area contributed by atoms with Crippen molar-refractivity contribution in [3.05, 3.63) is 28.1 Å². The molecular formula is C10H13N3O4. The van der Waals surface area contributed by atoms with Crippen LogP contribution in [0.25, 0.3) is 0 Å². The quantitative estimate of drug-likeness (QED) is 0.588. The van der Waals surface area contributed by atoms with Gasteiger partial charge >= 0.3 is 0 Å². The second-order valence-electron chi connectivity index (χ2n) is 4.12. The topological polar surface area (TPSA) is 99.5 Å². The van der Waals surface area contributed by atoms with Gasteiger partial charge < -0.3 is 15.0 Å². The van der Waals surface area contributed by atoms with Crippen LogP contribution in [0.1, 0.15) is 16.9 Å². The zero-order valence-corrected chi connectivity index (χ0v) is 9.13. The summed E-state index contributed by atoms with van der Waals surface area (Å²) < 4.78 is 0. The molecule has 1 aliphatic rings. The molecule has 1 aliphatic heterocycles. The van der Waals surface area contributed by atoms with E-state index in [2.05, 4.69) is 4.98 Å². The number of hydrogen-bond donors (Lipinski definition) is 2. The van der Waals surface area contributed by atoms with Crippen molar-refractivity contribution in [3.63, 3.8) is 0 Å². The van der Waals surface area contributed by atoms with Gasteiger partial charge in [-0.3, -0.25) is 14.9 Å². The highest BCUT2D eigenvalue weighted by atomic mass is 16.6. The molecule has 0 radical (unpaired) electrons. The zero-order chi connectivity index (χ0) is 12.4. The first-order chi connectivity index (χ1) is 8.11. The van der Waals surface area contributed by atoms with E-state index in [1.807, 2.05) is 0 Å². The Morgan fingerprint density at radius 2 is 2.47 bits per heavy atom. The number of amides is 1. The van der Waals surface area contributed by atoms with Crippen LogP contribution in [0.2, 0.25) is 0 Å². The van der Waals surface area contributed by atoms with Crippen molar-refractivity contribution in [1.82, 2.24) is 9.88 Å². The maximum absolute atomic E-state index is 11.9. The van der Waals surface area contributed by atoms with Crippen LogP contribution in [0.4, 0.5) is 5.69 Å². The Labute approximate surface area is 97.2 Å². The summed E-state index contributed by atoms with van der Waals surface area (Å²) >= 11 is 0. The van der Waals surface area contributed by atoms with Crippen molar-refractivity contribution in [2.45, 2.75) is 6.42 Å². The van der Waals surface area contributed by atoms with Crippen molar-refractivity contribution >= 4 is 11.6 Å². The molecule has 2 heterocycles. The van der Waals surface area contributed by atoms with Crippen LogP contribution >= 0.6 is 0 Å². The Bertz CT molecular complexity index is 443. The Morgan fingerprint density at radius 1 is 1.71 bits per heavy atom. The smallest absolute Gasteiger partial charge is 0.287 e. The number of aromatic amines is 1. The molecule has 7 heteroatoms. The predicted molar refractivity (Wildman–Crippen MR) is 58.5 cm³/mol. The molecule has 0 aromatic carbocycles. The summed E-state index contributed by atoms with van der Waals surface area (Å²) in [7, 11) is 0. The number of aliphatic hydroxyl groups is 1. The Hall–Kier alpha value is -1.89. The van der Waals surface area contributed by atoms with Crippen molar-refractivity contribution in [3.8, 4) is 0 Å². The fraction of sp³-hybridized carbons (Fsp3) is 0.500. The molecule has 2 N–H and O–H groups in total. The van der Waals surface area contributed by atoms with Gasteiger partial charge in [0, 0.05) is 31.7 Å². The SMILES string of the molecule is O=C(c1cc([N+](=O)[O-])c[nH]1)N1CCC(CO)C1. The standard InChI is InChI=1S/C10H13N3O4/c14-6-7-1-2-12(5-7)10(15)9-3-8(4-11-9)13(16)17/h3-4,7,11,14H,1-2,5-6H2. The third-order valence-corrected chi connectivity index (χ3v) is 2.94. The summed E-state index contributed by atoms with van der Waals surface area (Å²) in [6.07, 6.45) is 1.97. The highest BCUT2D eigenvalue weighted by molar-refractivity contribution is 5.93. The van der Waals surface area contributed by atoms with Gasteiger partial charge in [-0.15, -0.1) is 0 Å². The van der Waals surface area contributed by atoms with Crippen LogP contribution in [-0.2, 0) is 0 Å². The van der Waals surface area contributed by atoms with Gasteiger partial charge in [-0.2, -0.15) is 0 Å². The zero-order valence-electron chi connectivity index (χ0n) is 9.13. The van der Waals surface area contributed by atoms with Gasteiger partial charge in [0.1, 0.15) is 5.69 Å². The lowest BCUT2D eigenvalue weighted by molar-refractivity contribution is -0.384. The maximum Gasteiger partial charge on any atom is 0.287 e. The normalized spacial score (nSPS) is 19.6. The molecule has 1 saturated heterocycles. The number of carbonyl (C=O) groups excluding carboxylic acids is 1. The highest BCUT2D eigenvalue weighted by Gasteiger charge is 2.27. The van der Waals surface area contributed by atoms with Gasteiger partial charge in [-0.1, -0.05) is 0 Å². The molecule has 1 aromatic heterocycles. The molecule has 0 aliphatic carbocycles. The molecule has 17 heavy (non-hydrogen) atoms. The average molecular weight is 239 g/mol. The second-order valence-corrected chi connectivity index (χ2v) is 4.12.